The molecule has 0 saturated carbocycles. The number of rotatable bonds is 9. The summed E-state index contributed by atoms with van der Waals surface area (Å²) in [6.45, 7) is 2.74. The molecule has 0 saturated heterocycles. The maximum absolute atomic E-state index is 12.7. The second-order valence-electron chi connectivity index (χ2n) is 6.94. The Balaban J connectivity index is 1.72. The van der Waals surface area contributed by atoms with Gasteiger partial charge in [0.05, 0.1) is 6.61 Å². The van der Waals surface area contributed by atoms with E-state index in [4.69, 9.17) is 9.26 Å². The topological polar surface area (TPSA) is 93.5 Å². The summed E-state index contributed by atoms with van der Waals surface area (Å²) in [7, 11) is 1.56. The number of benzene rings is 2. The molecule has 2 N–H and O–H groups in total. The Morgan fingerprint density at radius 1 is 1.10 bits per heavy atom. The van der Waals surface area contributed by atoms with E-state index in [1.807, 2.05) is 61.5 Å². The maximum atomic E-state index is 12.7. The number of methoxy groups -OCH3 is 1. The van der Waals surface area contributed by atoms with Gasteiger partial charge in [-0.15, -0.1) is 0 Å². The molecule has 0 radical (unpaired) electrons. The van der Waals surface area contributed by atoms with Crippen molar-refractivity contribution in [3.05, 3.63) is 77.5 Å². The third-order valence-corrected chi connectivity index (χ3v) is 4.59. The van der Waals surface area contributed by atoms with E-state index in [0.29, 0.717) is 25.3 Å². The van der Waals surface area contributed by atoms with E-state index in [9.17, 15) is 9.59 Å². The van der Waals surface area contributed by atoms with Gasteiger partial charge in [0.25, 0.3) is 5.91 Å². The van der Waals surface area contributed by atoms with Crippen molar-refractivity contribution in [1.29, 1.82) is 0 Å². The van der Waals surface area contributed by atoms with Gasteiger partial charge in [0.15, 0.2) is 11.5 Å². The molecule has 0 unspecified atom stereocenters. The third kappa shape index (κ3) is 5.78. The van der Waals surface area contributed by atoms with E-state index in [-0.39, 0.29) is 11.6 Å². The quantitative estimate of drug-likeness (QED) is 0.532. The first-order valence-electron chi connectivity index (χ1n) is 9.72. The number of carbonyl (C=O) groups excluding carboxylic acids is 2. The van der Waals surface area contributed by atoms with Crippen LogP contribution in [0.15, 0.2) is 65.2 Å². The molecule has 0 bridgehead atoms. The van der Waals surface area contributed by atoms with Crippen molar-refractivity contribution in [2.45, 2.75) is 19.4 Å². The molecular formula is C23H25N3O4. The lowest BCUT2D eigenvalue weighted by molar-refractivity contribution is -0.123. The minimum Gasteiger partial charge on any atom is -0.383 e. The van der Waals surface area contributed by atoms with Crippen LogP contribution < -0.4 is 10.6 Å². The molecule has 2 aromatic carbocycles. The molecule has 0 aliphatic heterocycles. The number of carbonyl (C=O) groups is 2. The highest BCUT2D eigenvalue weighted by Gasteiger charge is 2.23. The van der Waals surface area contributed by atoms with E-state index in [1.165, 1.54) is 0 Å². The Hall–Kier alpha value is -3.45. The minimum absolute atomic E-state index is 0.119. The molecule has 156 valence electrons. The number of nitrogens with one attached hydrogen (secondary N) is 2. The molecule has 7 nitrogen and oxygen atoms in total. The van der Waals surface area contributed by atoms with Crippen molar-refractivity contribution in [3.63, 3.8) is 0 Å². The van der Waals surface area contributed by atoms with Gasteiger partial charge in [0, 0.05) is 31.7 Å². The monoisotopic (exact) mass is 407 g/mol. The highest BCUT2D eigenvalue weighted by molar-refractivity contribution is 5.96. The lowest BCUT2D eigenvalue weighted by Gasteiger charge is -2.18. The highest BCUT2D eigenvalue weighted by atomic mass is 16.5. The normalized spacial score (nSPS) is 11.7. The van der Waals surface area contributed by atoms with Crippen molar-refractivity contribution in [3.8, 4) is 11.3 Å². The Kier molecular flexibility index (Phi) is 7.34. The summed E-state index contributed by atoms with van der Waals surface area (Å²) in [5, 5.41) is 9.41. The maximum Gasteiger partial charge on any atom is 0.274 e. The second kappa shape index (κ2) is 10.4. The summed E-state index contributed by atoms with van der Waals surface area (Å²) in [5.41, 5.74) is 3.00. The molecule has 7 heteroatoms. The van der Waals surface area contributed by atoms with Gasteiger partial charge >= 0.3 is 0 Å². The smallest absolute Gasteiger partial charge is 0.274 e. The summed E-state index contributed by atoms with van der Waals surface area (Å²) in [5.74, 6) is -0.268. The molecule has 1 aromatic heterocycles. The lowest BCUT2D eigenvalue weighted by atomic mass is 10.0. The first kappa shape index (κ1) is 21.3. The second-order valence-corrected chi connectivity index (χ2v) is 6.94. The van der Waals surface area contributed by atoms with Crippen LogP contribution in [0.4, 0.5) is 0 Å². The molecule has 1 atom stereocenters. The van der Waals surface area contributed by atoms with E-state index < -0.39 is 11.9 Å². The highest BCUT2D eigenvalue weighted by Crippen LogP contribution is 2.20. The predicted octanol–water partition coefficient (Wildman–Crippen LogP) is 2.75. The van der Waals surface area contributed by atoms with Crippen LogP contribution in [0.1, 0.15) is 21.6 Å². The average molecular weight is 407 g/mol. The summed E-state index contributed by atoms with van der Waals surface area (Å²) >= 11 is 0. The Bertz CT molecular complexity index is 968. The van der Waals surface area contributed by atoms with E-state index in [2.05, 4.69) is 15.8 Å². The van der Waals surface area contributed by atoms with Gasteiger partial charge in [0.2, 0.25) is 5.91 Å². The van der Waals surface area contributed by atoms with Crippen molar-refractivity contribution in [1.82, 2.24) is 15.8 Å². The minimum atomic E-state index is -0.753. The Labute approximate surface area is 175 Å². The fraction of sp³-hybridized carbons (Fsp3) is 0.261. The van der Waals surface area contributed by atoms with Crippen LogP contribution in [0.2, 0.25) is 0 Å². The van der Waals surface area contributed by atoms with Crippen LogP contribution in [-0.4, -0.2) is 43.3 Å². The van der Waals surface area contributed by atoms with Crippen LogP contribution in [0, 0.1) is 6.92 Å². The molecule has 0 aliphatic carbocycles. The summed E-state index contributed by atoms with van der Waals surface area (Å²) in [4.78, 5) is 25.4. The van der Waals surface area contributed by atoms with E-state index in [1.54, 1.807) is 13.2 Å². The number of nitrogens with zero attached hydrogens (tertiary/aromatic N) is 1. The van der Waals surface area contributed by atoms with Crippen molar-refractivity contribution >= 4 is 11.8 Å². The number of amides is 2. The van der Waals surface area contributed by atoms with Gasteiger partial charge in [-0.2, -0.15) is 0 Å². The Morgan fingerprint density at radius 3 is 2.53 bits per heavy atom. The average Bonchev–Trinajstić information content (AvgIpc) is 3.25. The molecule has 3 rings (SSSR count). The summed E-state index contributed by atoms with van der Waals surface area (Å²) in [6, 6.07) is 18.0. The van der Waals surface area contributed by atoms with Gasteiger partial charge in [-0.3, -0.25) is 9.59 Å². The fourth-order valence-electron chi connectivity index (χ4n) is 2.93. The largest absolute Gasteiger partial charge is 0.383 e. The van der Waals surface area contributed by atoms with Crippen LogP contribution in [0.25, 0.3) is 11.3 Å². The van der Waals surface area contributed by atoms with Gasteiger partial charge in [-0.05, 0) is 12.5 Å². The third-order valence-electron chi connectivity index (χ3n) is 4.59. The van der Waals surface area contributed by atoms with Crippen LogP contribution in [0.5, 0.6) is 0 Å². The standard InChI is InChI=1S/C23H25N3O4/c1-16-8-10-18(11-9-16)21-15-20(26-30-21)23(28)25-19(22(27)24-12-13-29-2)14-17-6-4-3-5-7-17/h3-11,15,19H,12-14H2,1-2H3,(H,24,27)(H,25,28)/t19-/m0/s1. The molecule has 0 aliphatic rings. The number of ether oxygens (including phenoxy) is 1. The van der Waals surface area contributed by atoms with Gasteiger partial charge in [-0.1, -0.05) is 65.3 Å². The zero-order valence-electron chi connectivity index (χ0n) is 17.1. The molecule has 30 heavy (non-hydrogen) atoms. The first-order chi connectivity index (χ1) is 14.6. The van der Waals surface area contributed by atoms with E-state index >= 15 is 0 Å². The molecule has 2 amide bonds. The first-order valence-corrected chi connectivity index (χ1v) is 9.72. The predicted molar refractivity (Wildman–Crippen MR) is 113 cm³/mol. The van der Waals surface area contributed by atoms with Crippen LogP contribution in [-0.2, 0) is 16.0 Å². The molecule has 0 fully saturated rings. The van der Waals surface area contributed by atoms with Gasteiger partial charge < -0.3 is 19.9 Å². The van der Waals surface area contributed by atoms with Crippen LogP contribution in [0.3, 0.4) is 0 Å². The zero-order chi connectivity index (χ0) is 21.3. The number of aromatic nitrogens is 1. The number of hydrogen-bond donors (Lipinski definition) is 2. The van der Waals surface area contributed by atoms with Crippen molar-refractivity contribution < 1.29 is 18.8 Å². The van der Waals surface area contributed by atoms with Crippen LogP contribution >= 0.6 is 0 Å². The molecule has 0 spiro atoms. The van der Waals surface area contributed by atoms with Crippen molar-refractivity contribution in [2.24, 2.45) is 0 Å². The summed E-state index contributed by atoms with van der Waals surface area (Å²) < 4.78 is 10.3. The van der Waals surface area contributed by atoms with E-state index in [0.717, 1.165) is 16.7 Å². The fourth-order valence-corrected chi connectivity index (χ4v) is 2.93. The van der Waals surface area contributed by atoms with Crippen molar-refractivity contribution in [2.75, 3.05) is 20.3 Å². The lowest BCUT2D eigenvalue weighted by Crippen LogP contribution is -2.48. The molecular weight excluding hydrogens is 382 g/mol. The zero-order valence-corrected chi connectivity index (χ0v) is 17.1. The number of hydrogen-bond acceptors (Lipinski definition) is 5. The summed E-state index contributed by atoms with van der Waals surface area (Å²) in [6.07, 6.45) is 0.355. The molecule has 3 aromatic rings. The Morgan fingerprint density at radius 2 is 1.83 bits per heavy atom. The van der Waals surface area contributed by atoms with Gasteiger partial charge in [0.1, 0.15) is 6.04 Å². The molecule has 1 heterocycles. The van der Waals surface area contributed by atoms with Gasteiger partial charge in [-0.25, -0.2) is 0 Å². The SMILES string of the molecule is COCCNC(=O)[C@H](Cc1ccccc1)NC(=O)c1cc(-c2ccc(C)cc2)on1. The number of aryl methyl sites for hydroxylation is 1.